The van der Waals surface area contributed by atoms with Gasteiger partial charge in [0.05, 0.1) is 0 Å². The molecule has 5 nitrogen and oxygen atoms in total. The van der Waals surface area contributed by atoms with Gasteiger partial charge in [0.15, 0.2) is 0 Å². The fourth-order valence-corrected chi connectivity index (χ4v) is 3.38. The number of alkyl halides is 4. The molecule has 0 aliphatic carbocycles. The minimum Gasteiger partial charge on any atom is -0.435 e. The molecule has 1 aliphatic heterocycles. The molecule has 1 unspecified atom stereocenters. The Morgan fingerprint density at radius 3 is 2.55 bits per heavy atom. The van der Waals surface area contributed by atoms with Crippen LogP contribution in [0.4, 0.5) is 17.6 Å². The maximum atomic E-state index is 12.6. The van der Waals surface area contributed by atoms with Gasteiger partial charge in [-0.05, 0) is 30.2 Å². The van der Waals surface area contributed by atoms with E-state index in [1.807, 2.05) is 30.3 Å². The monoisotopic (exact) mass is 438 g/mol. The summed E-state index contributed by atoms with van der Waals surface area (Å²) in [5.74, 6) is -1.08. The molecule has 0 bridgehead atoms. The number of hydrogen-bond acceptors (Lipinski definition) is 4. The van der Waals surface area contributed by atoms with Gasteiger partial charge in [-0.2, -0.15) is 17.6 Å². The van der Waals surface area contributed by atoms with E-state index in [0.717, 1.165) is 25.6 Å². The Hall–Kier alpha value is -3.07. The van der Waals surface area contributed by atoms with Crippen molar-refractivity contribution in [1.82, 2.24) is 10.2 Å². The molecule has 1 atom stereocenters. The van der Waals surface area contributed by atoms with Crippen molar-refractivity contribution >= 4 is 12.0 Å². The average Bonchev–Trinajstić information content (AvgIpc) is 3.14. The van der Waals surface area contributed by atoms with E-state index < -0.39 is 13.2 Å². The molecule has 9 heteroatoms. The molecule has 166 valence electrons. The number of likely N-dealkylation sites (tertiary alicyclic amines) is 1. The molecule has 0 spiro atoms. The molecular formula is C22H22F4N2O3. The Labute approximate surface area is 177 Å². The summed E-state index contributed by atoms with van der Waals surface area (Å²) in [5.41, 5.74) is 1.33. The quantitative estimate of drug-likeness (QED) is 0.469. The lowest BCUT2D eigenvalue weighted by Crippen LogP contribution is -2.35. The molecule has 0 saturated carbocycles. The van der Waals surface area contributed by atoms with E-state index in [0.29, 0.717) is 6.54 Å². The summed E-state index contributed by atoms with van der Waals surface area (Å²) in [5, 5.41) is 2.88. The van der Waals surface area contributed by atoms with Crippen LogP contribution in [-0.4, -0.2) is 43.2 Å². The van der Waals surface area contributed by atoms with Gasteiger partial charge in [0.2, 0.25) is 5.91 Å². The van der Waals surface area contributed by atoms with Gasteiger partial charge in [0.25, 0.3) is 0 Å². The summed E-state index contributed by atoms with van der Waals surface area (Å²) in [4.78, 5) is 14.5. The van der Waals surface area contributed by atoms with E-state index in [2.05, 4.69) is 19.7 Å². The van der Waals surface area contributed by atoms with Gasteiger partial charge in [0.1, 0.15) is 11.5 Å². The second kappa shape index (κ2) is 10.8. The van der Waals surface area contributed by atoms with E-state index in [4.69, 9.17) is 0 Å². The van der Waals surface area contributed by atoms with Gasteiger partial charge in [-0.3, -0.25) is 9.69 Å². The van der Waals surface area contributed by atoms with Crippen LogP contribution in [0.1, 0.15) is 17.5 Å². The minimum atomic E-state index is -3.16. The van der Waals surface area contributed by atoms with Crippen LogP contribution in [0.25, 0.3) is 6.08 Å². The van der Waals surface area contributed by atoms with Crippen molar-refractivity contribution in [2.75, 3.05) is 13.1 Å². The zero-order chi connectivity index (χ0) is 22.2. The van der Waals surface area contributed by atoms with Crippen LogP contribution in [-0.2, 0) is 11.3 Å². The predicted molar refractivity (Wildman–Crippen MR) is 107 cm³/mol. The van der Waals surface area contributed by atoms with Gasteiger partial charge < -0.3 is 14.8 Å². The lowest BCUT2D eigenvalue weighted by Gasteiger charge is -2.16. The molecule has 1 fully saturated rings. The summed E-state index contributed by atoms with van der Waals surface area (Å²) < 4.78 is 58.5. The van der Waals surface area contributed by atoms with Crippen LogP contribution < -0.4 is 14.8 Å². The first kappa shape index (κ1) is 22.6. The number of benzene rings is 2. The number of carbonyl (C=O) groups excluding carboxylic acids is 1. The van der Waals surface area contributed by atoms with Crippen LogP contribution >= 0.6 is 0 Å². The highest BCUT2D eigenvalue weighted by Crippen LogP contribution is 2.28. The number of rotatable bonds is 9. The number of nitrogens with one attached hydrogen (secondary N) is 1. The van der Waals surface area contributed by atoms with Gasteiger partial charge >= 0.3 is 13.2 Å². The fraction of sp³-hybridized carbons (Fsp3) is 0.318. The first-order chi connectivity index (χ1) is 14.9. The molecule has 1 saturated heterocycles. The van der Waals surface area contributed by atoms with Gasteiger partial charge in [-0.1, -0.05) is 30.3 Å². The summed E-state index contributed by atoms with van der Waals surface area (Å²) in [6.07, 6.45) is 3.28. The van der Waals surface area contributed by atoms with Crippen LogP contribution in [0, 0.1) is 0 Å². The number of hydrogen-bond donors (Lipinski definition) is 1. The summed E-state index contributed by atoms with van der Waals surface area (Å²) in [6.45, 7) is -3.91. The van der Waals surface area contributed by atoms with Crippen LogP contribution in [0.5, 0.6) is 11.5 Å². The Kier molecular flexibility index (Phi) is 7.88. The third kappa shape index (κ3) is 7.29. The Balaban J connectivity index is 1.56. The van der Waals surface area contributed by atoms with Crippen LogP contribution in [0.3, 0.4) is 0 Å². The van der Waals surface area contributed by atoms with E-state index in [-0.39, 0.29) is 29.0 Å². The van der Waals surface area contributed by atoms with Crippen molar-refractivity contribution in [2.24, 2.45) is 0 Å². The standard InChI is InChI=1S/C22H22F4N2O3/c23-21(24)30-18-8-6-16(19(12-18)31-22(25)26)7-9-20(29)27-17-10-11-28(14-17)13-15-4-2-1-3-5-15/h1-9,12,17,21-22H,10-11,13-14H2,(H,27,29)/b9-7+. The third-order valence-corrected chi connectivity index (χ3v) is 4.71. The van der Waals surface area contributed by atoms with E-state index in [9.17, 15) is 22.4 Å². The van der Waals surface area contributed by atoms with Crippen molar-refractivity contribution < 1.29 is 31.8 Å². The average molecular weight is 438 g/mol. The zero-order valence-corrected chi connectivity index (χ0v) is 16.5. The second-order valence-electron chi connectivity index (χ2n) is 7.00. The van der Waals surface area contributed by atoms with E-state index in [1.54, 1.807) is 0 Å². The van der Waals surface area contributed by atoms with Crippen molar-refractivity contribution in [3.05, 3.63) is 65.7 Å². The van der Waals surface area contributed by atoms with E-state index in [1.165, 1.54) is 29.8 Å². The number of halogens is 4. The molecule has 1 heterocycles. The maximum Gasteiger partial charge on any atom is 0.387 e. The van der Waals surface area contributed by atoms with Crippen molar-refractivity contribution in [3.8, 4) is 11.5 Å². The Morgan fingerprint density at radius 2 is 1.84 bits per heavy atom. The van der Waals surface area contributed by atoms with Crippen LogP contribution in [0.2, 0.25) is 0 Å². The van der Waals surface area contributed by atoms with Gasteiger partial charge in [-0.25, -0.2) is 0 Å². The predicted octanol–water partition coefficient (Wildman–Crippen LogP) is 4.29. The molecule has 0 radical (unpaired) electrons. The van der Waals surface area contributed by atoms with Crippen molar-refractivity contribution in [3.63, 3.8) is 0 Å². The Morgan fingerprint density at radius 1 is 1.10 bits per heavy atom. The van der Waals surface area contributed by atoms with Gasteiger partial charge in [-0.15, -0.1) is 0 Å². The largest absolute Gasteiger partial charge is 0.435 e. The molecule has 0 aromatic heterocycles. The highest BCUT2D eigenvalue weighted by Gasteiger charge is 2.23. The minimum absolute atomic E-state index is 0.0283. The summed E-state index contributed by atoms with van der Waals surface area (Å²) in [6, 6.07) is 13.3. The Bertz CT molecular complexity index is 894. The molecule has 31 heavy (non-hydrogen) atoms. The molecule has 2 aromatic carbocycles. The summed E-state index contributed by atoms with van der Waals surface area (Å²) >= 11 is 0. The molecule has 1 N–H and O–H groups in total. The van der Waals surface area contributed by atoms with E-state index >= 15 is 0 Å². The normalized spacial score (nSPS) is 16.9. The topological polar surface area (TPSA) is 50.8 Å². The molecular weight excluding hydrogens is 416 g/mol. The number of carbonyl (C=O) groups is 1. The lowest BCUT2D eigenvalue weighted by molar-refractivity contribution is -0.117. The first-order valence-corrected chi connectivity index (χ1v) is 9.67. The number of ether oxygens (including phenoxy) is 2. The maximum absolute atomic E-state index is 12.6. The number of nitrogens with zero attached hydrogens (tertiary/aromatic N) is 1. The zero-order valence-electron chi connectivity index (χ0n) is 16.5. The third-order valence-electron chi connectivity index (χ3n) is 4.71. The van der Waals surface area contributed by atoms with Crippen molar-refractivity contribution in [2.45, 2.75) is 32.2 Å². The molecule has 3 rings (SSSR count). The van der Waals surface area contributed by atoms with Crippen LogP contribution in [0.15, 0.2) is 54.6 Å². The SMILES string of the molecule is O=C(/C=C/c1ccc(OC(F)F)cc1OC(F)F)NC1CCN(Cc2ccccc2)C1. The number of amides is 1. The highest BCUT2D eigenvalue weighted by molar-refractivity contribution is 5.92. The smallest absolute Gasteiger partial charge is 0.387 e. The van der Waals surface area contributed by atoms with Crippen molar-refractivity contribution in [1.29, 1.82) is 0 Å². The fourth-order valence-electron chi connectivity index (χ4n) is 3.38. The molecule has 1 amide bonds. The highest BCUT2D eigenvalue weighted by atomic mass is 19.3. The molecule has 2 aromatic rings. The second-order valence-corrected chi connectivity index (χ2v) is 7.00. The summed E-state index contributed by atoms with van der Waals surface area (Å²) in [7, 11) is 0. The molecule has 1 aliphatic rings. The lowest BCUT2D eigenvalue weighted by atomic mass is 10.1. The first-order valence-electron chi connectivity index (χ1n) is 9.67. The van der Waals surface area contributed by atoms with Gasteiger partial charge in [0, 0.05) is 43.4 Å².